The summed E-state index contributed by atoms with van der Waals surface area (Å²) in [7, 11) is 1.56. The Labute approximate surface area is 321 Å². The largest absolute Gasteiger partial charge is 0.457 e. The molecule has 1 aromatic carbocycles. The fourth-order valence-electron chi connectivity index (χ4n) is 9.26. The van der Waals surface area contributed by atoms with Crippen LogP contribution in [0.15, 0.2) is 48.1 Å². The number of anilines is 1. The van der Waals surface area contributed by atoms with E-state index in [0.29, 0.717) is 17.9 Å². The number of aliphatic hydroxyl groups is 1. The van der Waals surface area contributed by atoms with Crippen LogP contribution in [0.3, 0.4) is 0 Å². The highest BCUT2D eigenvalue weighted by Crippen LogP contribution is 2.69. The van der Waals surface area contributed by atoms with Crippen molar-refractivity contribution in [3.8, 4) is 12.8 Å². The van der Waals surface area contributed by atoms with Gasteiger partial charge in [-0.15, -0.1) is 12.8 Å². The number of rotatable bonds is 7. The number of terminal acetylenes is 1. The van der Waals surface area contributed by atoms with Crippen LogP contribution in [0.4, 0.5) is 14.5 Å². The molecule has 5 aliphatic rings. The SMILES string of the molecule is C#C.CC.CCCCC.CN(O)c1ccc(Cl)cc1.C[C@]12C[C@H](O)[C@@]3(F)[C@@H](C[C@H](F)C4=CC(=O)C=C[C@@]43C)C1CC[C@@H]2C(=O)COC(=O)C1CCCC1. The Hall–Kier alpha value is -3.06. The Morgan fingerprint density at radius 2 is 1.60 bits per heavy atom. The van der Waals surface area contributed by atoms with Crippen molar-refractivity contribution in [3.05, 3.63) is 53.1 Å². The molecule has 4 fully saturated rings. The second-order valence-electron chi connectivity index (χ2n) is 15.0. The molecule has 0 heterocycles. The molecule has 0 aromatic heterocycles. The Kier molecular flexibility index (Phi) is 17.9. The summed E-state index contributed by atoms with van der Waals surface area (Å²) in [5, 5.41) is 21.9. The van der Waals surface area contributed by atoms with E-state index < -0.39 is 40.6 Å². The normalized spacial score (nSPS) is 32.2. The molecule has 8 atom stereocenters. The maximum atomic E-state index is 17.0. The summed E-state index contributed by atoms with van der Waals surface area (Å²) < 4.78 is 37.8. The van der Waals surface area contributed by atoms with Gasteiger partial charge in [0.25, 0.3) is 0 Å². The molecule has 0 saturated heterocycles. The molecule has 4 saturated carbocycles. The van der Waals surface area contributed by atoms with Gasteiger partial charge in [0.2, 0.25) is 0 Å². The maximum Gasteiger partial charge on any atom is 0.309 e. The summed E-state index contributed by atoms with van der Waals surface area (Å²) in [6.07, 6.45) is 17.6. The summed E-state index contributed by atoms with van der Waals surface area (Å²) in [6, 6.07) is 6.93. The zero-order chi connectivity index (χ0) is 40.1. The Bertz CT molecular complexity index is 1440. The van der Waals surface area contributed by atoms with Gasteiger partial charge in [0.15, 0.2) is 17.2 Å². The van der Waals surface area contributed by atoms with E-state index in [1.54, 1.807) is 38.2 Å². The number of aliphatic hydroxyl groups excluding tert-OH is 1. The molecule has 296 valence electrons. The van der Waals surface area contributed by atoms with Crippen LogP contribution in [0, 0.1) is 47.3 Å². The number of benzene rings is 1. The van der Waals surface area contributed by atoms with Crippen molar-refractivity contribution in [2.45, 2.75) is 130 Å². The van der Waals surface area contributed by atoms with E-state index in [1.807, 2.05) is 20.8 Å². The summed E-state index contributed by atoms with van der Waals surface area (Å²) in [5.41, 5.74) is -3.42. The zero-order valence-corrected chi connectivity index (χ0v) is 33.5. The number of carbonyl (C=O) groups excluding carboxylic acids is 3. The number of unbranched alkanes of at least 4 members (excludes halogenated alkanes) is 2. The molecule has 10 heteroatoms. The number of hydrogen-bond acceptors (Lipinski definition) is 7. The van der Waals surface area contributed by atoms with Gasteiger partial charge >= 0.3 is 5.97 Å². The quantitative estimate of drug-likeness (QED) is 0.162. The van der Waals surface area contributed by atoms with E-state index in [4.69, 9.17) is 21.5 Å². The van der Waals surface area contributed by atoms with Crippen molar-refractivity contribution in [1.29, 1.82) is 0 Å². The lowest BCUT2D eigenvalue weighted by Gasteiger charge is -2.62. The summed E-state index contributed by atoms with van der Waals surface area (Å²) in [5.74, 6) is -2.57. The minimum absolute atomic E-state index is 0.0687. The van der Waals surface area contributed by atoms with Crippen molar-refractivity contribution in [1.82, 2.24) is 0 Å². The molecule has 2 N–H and O–H groups in total. The number of alkyl halides is 2. The third-order valence-corrected chi connectivity index (χ3v) is 12.2. The average molecular weight is 762 g/mol. The number of halogens is 3. The first-order valence-electron chi connectivity index (χ1n) is 19.3. The second-order valence-corrected chi connectivity index (χ2v) is 15.4. The monoisotopic (exact) mass is 761 g/mol. The van der Waals surface area contributed by atoms with Gasteiger partial charge in [0.05, 0.1) is 17.7 Å². The van der Waals surface area contributed by atoms with Crippen LogP contribution in [-0.2, 0) is 19.1 Å². The van der Waals surface area contributed by atoms with Crippen LogP contribution in [0.5, 0.6) is 0 Å². The molecule has 0 radical (unpaired) electrons. The van der Waals surface area contributed by atoms with Crippen LogP contribution in [0.25, 0.3) is 0 Å². The Morgan fingerprint density at radius 1 is 1.02 bits per heavy atom. The van der Waals surface area contributed by atoms with Gasteiger partial charge in [-0.25, -0.2) is 8.78 Å². The van der Waals surface area contributed by atoms with Crippen molar-refractivity contribution < 1.29 is 38.2 Å². The Balaban J connectivity index is 0.000000424. The fraction of sp³-hybridized carbons (Fsp3) is 0.651. The summed E-state index contributed by atoms with van der Waals surface area (Å²) >= 11 is 5.62. The molecule has 1 unspecified atom stereocenters. The number of nitrogens with zero attached hydrogens (tertiary/aromatic N) is 1. The molecule has 0 aliphatic heterocycles. The van der Waals surface area contributed by atoms with E-state index in [1.165, 1.54) is 37.5 Å². The van der Waals surface area contributed by atoms with E-state index in [2.05, 4.69) is 26.7 Å². The van der Waals surface area contributed by atoms with Gasteiger partial charge in [-0.2, -0.15) is 0 Å². The number of ketones is 2. The number of Topliss-reactive ketones (excluding diaryl/α,β-unsaturated/α-hetero) is 1. The van der Waals surface area contributed by atoms with Crippen molar-refractivity contribution in [3.63, 3.8) is 0 Å². The first kappa shape index (κ1) is 46.1. The third kappa shape index (κ3) is 9.98. The summed E-state index contributed by atoms with van der Waals surface area (Å²) in [6.45, 7) is 11.6. The van der Waals surface area contributed by atoms with Gasteiger partial charge in [-0.05, 0) is 98.8 Å². The molecule has 0 amide bonds. The lowest BCUT2D eigenvalue weighted by atomic mass is 9.45. The van der Waals surface area contributed by atoms with Crippen LogP contribution < -0.4 is 5.06 Å². The lowest BCUT2D eigenvalue weighted by Crippen LogP contribution is -2.68. The topological polar surface area (TPSA) is 104 Å². The number of hydroxylamine groups is 1. The van der Waals surface area contributed by atoms with Crippen LogP contribution in [-0.4, -0.2) is 59.4 Å². The van der Waals surface area contributed by atoms with Gasteiger partial charge in [0, 0.05) is 29.3 Å². The molecule has 7 nitrogen and oxygen atoms in total. The van der Waals surface area contributed by atoms with Gasteiger partial charge in [-0.1, -0.05) is 84.4 Å². The minimum Gasteiger partial charge on any atom is -0.457 e. The van der Waals surface area contributed by atoms with E-state index in [9.17, 15) is 19.5 Å². The predicted molar refractivity (Wildman–Crippen MR) is 208 cm³/mol. The average Bonchev–Trinajstić information content (AvgIpc) is 3.81. The number of hydrogen-bond donors (Lipinski definition) is 2. The van der Waals surface area contributed by atoms with Gasteiger partial charge < -0.3 is 9.84 Å². The zero-order valence-electron chi connectivity index (χ0n) is 32.8. The van der Waals surface area contributed by atoms with Crippen molar-refractivity contribution >= 4 is 34.8 Å². The second kappa shape index (κ2) is 20.6. The molecule has 6 rings (SSSR count). The molecule has 53 heavy (non-hydrogen) atoms. The van der Waals surface area contributed by atoms with E-state index in [0.717, 1.165) is 36.4 Å². The molecular weight excluding hydrogens is 700 g/mol. The highest BCUT2D eigenvalue weighted by molar-refractivity contribution is 6.30. The number of ether oxygens (including phenoxy) is 1. The number of fused-ring (bicyclic) bond motifs is 5. The highest BCUT2D eigenvalue weighted by Gasteiger charge is 2.72. The van der Waals surface area contributed by atoms with Crippen LogP contribution >= 0.6 is 11.6 Å². The molecule has 0 bridgehead atoms. The highest BCUT2D eigenvalue weighted by atomic mass is 35.5. The lowest BCUT2D eigenvalue weighted by molar-refractivity contribution is -0.202. The van der Waals surface area contributed by atoms with E-state index in [-0.39, 0.29) is 54.4 Å². The number of allylic oxidation sites excluding steroid dienone is 4. The fourth-order valence-corrected chi connectivity index (χ4v) is 9.39. The minimum atomic E-state index is -2.13. The molecule has 1 aromatic rings. The third-order valence-electron chi connectivity index (χ3n) is 12.0. The smallest absolute Gasteiger partial charge is 0.309 e. The standard InChI is InChI=1S/C27H34F2O5.C7H8ClNO.C5H12.C2H6.C2H2/c1-25-13-23(32)27(29)19(12-21(28)20-11-16(30)9-10-26(20,27)2)17(25)7-8-18(25)22(31)14-34-24(33)15-5-3-4-6-15;1-9(10)7-4-2-6(8)3-5-7;1-3-5-4-2;2*1-2/h9-11,15,17-19,21,23,32H,3-8,12-14H2,1-2H3;2-5,10H,1H3;3-5H2,1-2H3;1-2H3;1-2H/t17?,18-,19+,21+,23+,25+,26+,27+;;;;/m1..../s1. The Morgan fingerprint density at radius 3 is 2.13 bits per heavy atom. The van der Waals surface area contributed by atoms with Crippen molar-refractivity contribution in [2.24, 2.45) is 34.5 Å². The first-order valence-corrected chi connectivity index (χ1v) is 19.7. The van der Waals surface area contributed by atoms with E-state index >= 15 is 8.78 Å². The van der Waals surface area contributed by atoms with Crippen LogP contribution in [0.1, 0.15) is 112 Å². The molecule has 0 spiro atoms. The first-order chi connectivity index (χ1) is 25.1. The number of carbonyl (C=O) groups is 3. The molecule has 5 aliphatic carbocycles. The predicted octanol–water partition coefficient (Wildman–Crippen LogP) is 9.86. The van der Waals surface area contributed by atoms with Gasteiger partial charge in [0.1, 0.15) is 12.8 Å². The number of esters is 1. The van der Waals surface area contributed by atoms with Crippen molar-refractivity contribution in [2.75, 3.05) is 18.7 Å². The van der Waals surface area contributed by atoms with Crippen LogP contribution in [0.2, 0.25) is 5.02 Å². The maximum absolute atomic E-state index is 17.0. The summed E-state index contributed by atoms with van der Waals surface area (Å²) in [4.78, 5) is 37.4. The van der Waals surface area contributed by atoms with Gasteiger partial charge in [-0.3, -0.25) is 24.7 Å². The molecular formula is C43H62ClF2NO6.